The van der Waals surface area contributed by atoms with E-state index in [1.54, 1.807) is 0 Å². The number of hydrogen-bond acceptors (Lipinski definition) is 2. The minimum atomic E-state index is 0.252. The third kappa shape index (κ3) is 3.30. The van der Waals surface area contributed by atoms with Gasteiger partial charge in [-0.2, -0.15) is 11.8 Å². The number of rotatable bonds is 4. The van der Waals surface area contributed by atoms with Crippen molar-refractivity contribution in [2.75, 3.05) is 18.1 Å². The largest absolute Gasteiger partial charge is 0.374 e. The molecule has 3 heteroatoms. The predicted octanol–water partition coefficient (Wildman–Crippen LogP) is 4.09. The fourth-order valence-corrected chi connectivity index (χ4v) is 4.36. The second-order valence-electron chi connectivity index (χ2n) is 5.28. The third-order valence-electron chi connectivity index (χ3n) is 3.99. The Bertz CT molecular complexity index is 216. The zero-order valence-corrected chi connectivity index (χ0v) is 11.8. The van der Waals surface area contributed by atoms with E-state index in [1.165, 1.54) is 43.6 Å². The zero-order valence-electron chi connectivity index (χ0n) is 10.2. The third-order valence-corrected chi connectivity index (χ3v) is 5.74. The summed E-state index contributed by atoms with van der Waals surface area (Å²) in [7, 11) is 0. The maximum atomic E-state index is 6.20. The van der Waals surface area contributed by atoms with E-state index in [2.05, 4.69) is 18.7 Å². The lowest BCUT2D eigenvalue weighted by Crippen LogP contribution is -2.39. The van der Waals surface area contributed by atoms with E-state index in [1.807, 2.05) is 0 Å². The van der Waals surface area contributed by atoms with Crippen molar-refractivity contribution in [3.05, 3.63) is 0 Å². The van der Waals surface area contributed by atoms with Crippen LogP contribution in [0, 0.1) is 5.92 Å². The van der Waals surface area contributed by atoms with Crippen LogP contribution in [-0.4, -0.2) is 29.1 Å². The van der Waals surface area contributed by atoms with Crippen LogP contribution in [0.1, 0.15) is 45.4 Å². The second kappa shape index (κ2) is 5.97. The van der Waals surface area contributed by atoms with Crippen molar-refractivity contribution >= 4 is 23.4 Å². The van der Waals surface area contributed by atoms with Gasteiger partial charge in [-0.05, 0) is 50.2 Å². The van der Waals surface area contributed by atoms with E-state index in [9.17, 15) is 0 Å². The standard InChI is InChI=1S/C13H23ClOS/c1-2-12(14)4-3-11-5-7-15-13(9-11)6-8-16-10-13/h11-12H,2-10H2,1H3. The average molecular weight is 263 g/mol. The van der Waals surface area contributed by atoms with Gasteiger partial charge < -0.3 is 4.74 Å². The minimum absolute atomic E-state index is 0.252. The quantitative estimate of drug-likeness (QED) is 0.706. The summed E-state index contributed by atoms with van der Waals surface area (Å²) in [5, 5.41) is 0.386. The van der Waals surface area contributed by atoms with Gasteiger partial charge in [0.15, 0.2) is 0 Å². The molecule has 2 saturated heterocycles. The molecule has 3 atom stereocenters. The monoisotopic (exact) mass is 262 g/mol. The Morgan fingerprint density at radius 2 is 2.44 bits per heavy atom. The maximum Gasteiger partial charge on any atom is 0.0783 e. The van der Waals surface area contributed by atoms with Gasteiger partial charge in [0.05, 0.1) is 5.60 Å². The van der Waals surface area contributed by atoms with E-state index in [0.29, 0.717) is 5.38 Å². The summed E-state index contributed by atoms with van der Waals surface area (Å²) in [6.45, 7) is 3.15. The van der Waals surface area contributed by atoms with Gasteiger partial charge in [0.2, 0.25) is 0 Å². The molecular weight excluding hydrogens is 240 g/mol. The molecule has 2 heterocycles. The van der Waals surface area contributed by atoms with Crippen molar-refractivity contribution in [1.82, 2.24) is 0 Å². The van der Waals surface area contributed by atoms with Crippen LogP contribution in [0.2, 0.25) is 0 Å². The summed E-state index contributed by atoms with van der Waals surface area (Å²) in [5.74, 6) is 3.38. The molecule has 0 saturated carbocycles. The molecule has 0 amide bonds. The van der Waals surface area contributed by atoms with E-state index >= 15 is 0 Å². The molecule has 16 heavy (non-hydrogen) atoms. The first-order chi connectivity index (χ1) is 7.74. The number of alkyl halides is 1. The molecule has 3 unspecified atom stereocenters. The van der Waals surface area contributed by atoms with Crippen LogP contribution in [-0.2, 0) is 4.74 Å². The van der Waals surface area contributed by atoms with Gasteiger partial charge in [0.25, 0.3) is 0 Å². The highest BCUT2D eigenvalue weighted by molar-refractivity contribution is 7.99. The molecule has 0 aromatic carbocycles. The van der Waals surface area contributed by atoms with E-state index in [4.69, 9.17) is 16.3 Å². The number of halogens is 1. The molecule has 0 aromatic heterocycles. The summed E-state index contributed by atoms with van der Waals surface area (Å²) >= 11 is 8.26. The highest BCUT2D eigenvalue weighted by Gasteiger charge is 2.40. The first-order valence-electron chi connectivity index (χ1n) is 6.60. The molecule has 1 nitrogen and oxygen atoms in total. The molecule has 2 fully saturated rings. The predicted molar refractivity (Wildman–Crippen MR) is 72.5 cm³/mol. The SMILES string of the molecule is CCC(Cl)CCC1CCOC2(CCSC2)C1. The van der Waals surface area contributed by atoms with E-state index in [-0.39, 0.29) is 5.60 Å². The maximum absolute atomic E-state index is 6.20. The van der Waals surface area contributed by atoms with Crippen LogP contribution >= 0.6 is 23.4 Å². The Hall–Kier alpha value is 0.600. The molecule has 2 aliphatic rings. The molecule has 0 aromatic rings. The van der Waals surface area contributed by atoms with Crippen molar-refractivity contribution in [2.45, 2.75) is 56.4 Å². The molecule has 1 spiro atoms. The summed E-state index contributed by atoms with van der Waals surface area (Å²) in [4.78, 5) is 0. The van der Waals surface area contributed by atoms with Gasteiger partial charge in [-0.3, -0.25) is 0 Å². The van der Waals surface area contributed by atoms with Gasteiger partial charge >= 0.3 is 0 Å². The average Bonchev–Trinajstić information content (AvgIpc) is 2.74. The molecule has 0 bridgehead atoms. The van der Waals surface area contributed by atoms with Crippen molar-refractivity contribution in [3.8, 4) is 0 Å². The fourth-order valence-electron chi connectivity index (χ4n) is 2.86. The minimum Gasteiger partial charge on any atom is -0.374 e. The number of thioether (sulfide) groups is 1. The first-order valence-corrected chi connectivity index (χ1v) is 8.19. The molecule has 0 radical (unpaired) electrons. The van der Waals surface area contributed by atoms with Crippen molar-refractivity contribution in [2.24, 2.45) is 5.92 Å². The molecule has 0 N–H and O–H groups in total. The molecule has 2 aliphatic heterocycles. The zero-order chi connectivity index (χ0) is 11.4. The lowest BCUT2D eigenvalue weighted by Gasteiger charge is -2.38. The highest BCUT2D eigenvalue weighted by Crippen LogP contribution is 2.41. The van der Waals surface area contributed by atoms with Gasteiger partial charge in [-0.25, -0.2) is 0 Å². The van der Waals surface area contributed by atoms with Crippen LogP contribution in [0.15, 0.2) is 0 Å². The Balaban J connectivity index is 1.78. The normalized spacial score (nSPS) is 36.8. The molecule has 2 rings (SSSR count). The van der Waals surface area contributed by atoms with Crippen LogP contribution in [0.3, 0.4) is 0 Å². The van der Waals surface area contributed by atoms with Crippen LogP contribution in [0.4, 0.5) is 0 Å². The van der Waals surface area contributed by atoms with E-state index < -0.39 is 0 Å². The summed E-state index contributed by atoms with van der Waals surface area (Å²) in [6.07, 6.45) is 7.40. The molecule has 0 aliphatic carbocycles. The number of ether oxygens (including phenoxy) is 1. The Kier molecular flexibility index (Phi) is 4.87. The summed E-state index contributed by atoms with van der Waals surface area (Å²) in [6, 6.07) is 0. The fraction of sp³-hybridized carbons (Fsp3) is 1.00. The summed E-state index contributed by atoms with van der Waals surface area (Å²) < 4.78 is 6.04. The lowest BCUT2D eigenvalue weighted by atomic mass is 9.82. The second-order valence-corrected chi connectivity index (χ2v) is 7.00. The van der Waals surface area contributed by atoms with Crippen LogP contribution in [0.5, 0.6) is 0 Å². The lowest BCUT2D eigenvalue weighted by molar-refractivity contribution is -0.0807. The van der Waals surface area contributed by atoms with Crippen molar-refractivity contribution in [3.63, 3.8) is 0 Å². The Morgan fingerprint density at radius 3 is 3.12 bits per heavy atom. The van der Waals surface area contributed by atoms with Gasteiger partial charge in [0, 0.05) is 17.7 Å². The first kappa shape index (κ1) is 13.0. The molecule has 94 valence electrons. The summed E-state index contributed by atoms with van der Waals surface area (Å²) in [5.41, 5.74) is 0.252. The Morgan fingerprint density at radius 1 is 1.56 bits per heavy atom. The van der Waals surface area contributed by atoms with E-state index in [0.717, 1.165) is 18.9 Å². The van der Waals surface area contributed by atoms with Crippen molar-refractivity contribution in [1.29, 1.82) is 0 Å². The van der Waals surface area contributed by atoms with Crippen LogP contribution in [0.25, 0.3) is 0 Å². The smallest absolute Gasteiger partial charge is 0.0783 e. The van der Waals surface area contributed by atoms with Gasteiger partial charge in [0.1, 0.15) is 0 Å². The van der Waals surface area contributed by atoms with Crippen molar-refractivity contribution < 1.29 is 4.74 Å². The van der Waals surface area contributed by atoms with Gasteiger partial charge in [-0.15, -0.1) is 11.6 Å². The van der Waals surface area contributed by atoms with Gasteiger partial charge in [-0.1, -0.05) is 6.92 Å². The number of hydrogen-bond donors (Lipinski definition) is 0. The Labute approximate surface area is 109 Å². The highest BCUT2D eigenvalue weighted by atomic mass is 35.5. The van der Waals surface area contributed by atoms with Crippen LogP contribution < -0.4 is 0 Å². The molecular formula is C13H23ClOS. The topological polar surface area (TPSA) is 9.23 Å².